The number of halogens is 1. The van der Waals surface area contributed by atoms with Gasteiger partial charge in [0.2, 0.25) is 5.95 Å². The molecule has 8 rings (SSSR count). The van der Waals surface area contributed by atoms with Crippen molar-refractivity contribution in [3.05, 3.63) is 55.3 Å². The third-order valence-electron chi connectivity index (χ3n) is 8.28. The van der Waals surface area contributed by atoms with Crippen LogP contribution in [0.2, 0.25) is 0 Å². The number of fused-ring (bicyclic) bond motifs is 1. The van der Waals surface area contributed by atoms with Gasteiger partial charge in [-0.05, 0) is 61.5 Å². The van der Waals surface area contributed by atoms with Crippen molar-refractivity contribution in [3.8, 4) is 11.4 Å². The lowest BCUT2D eigenvalue weighted by Crippen LogP contribution is -2.67. The van der Waals surface area contributed by atoms with Crippen LogP contribution in [0.5, 0.6) is 0 Å². The Morgan fingerprint density at radius 1 is 0.892 bits per heavy atom. The highest BCUT2D eigenvalue weighted by Gasteiger charge is 2.65. The van der Waals surface area contributed by atoms with Gasteiger partial charge in [-0.3, -0.25) is 4.40 Å². The molecule has 4 heterocycles. The molecule has 0 aromatic carbocycles. The number of aliphatic hydroxyl groups is 1. The molecule has 9 nitrogen and oxygen atoms in total. The van der Waals surface area contributed by atoms with Crippen LogP contribution in [0.3, 0.4) is 0 Å². The normalized spacial score (nSPS) is 32.1. The minimum absolute atomic E-state index is 0.0724. The number of hydrogen-bond donors (Lipinski definition) is 3. The number of anilines is 3. The lowest BCUT2D eigenvalue weighted by atomic mass is 9.41. The van der Waals surface area contributed by atoms with E-state index >= 15 is 4.39 Å². The van der Waals surface area contributed by atoms with Crippen LogP contribution >= 0.6 is 0 Å². The minimum Gasteiger partial charge on any atom is -0.390 e. The van der Waals surface area contributed by atoms with E-state index in [9.17, 15) is 5.11 Å². The highest BCUT2D eigenvalue weighted by Crippen LogP contribution is 2.68. The molecule has 37 heavy (non-hydrogen) atoms. The summed E-state index contributed by atoms with van der Waals surface area (Å²) in [5.74, 6) is -0.148. The first kappa shape index (κ1) is 22.5. The van der Waals surface area contributed by atoms with Gasteiger partial charge in [0.1, 0.15) is 17.7 Å². The Morgan fingerprint density at radius 2 is 1.65 bits per heavy atom. The average molecular weight is 501 g/mol. The van der Waals surface area contributed by atoms with Crippen LogP contribution < -0.4 is 10.6 Å². The zero-order valence-corrected chi connectivity index (χ0v) is 20.9. The Hall–Kier alpha value is -3.66. The lowest BCUT2D eigenvalue weighted by Gasteiger charge is -2.68. The predicted molar refractivity (Wildman–Crippen MR) is 137 cm³/mol. The summed E-state index contributed by atoms with van der Waals surface area (Å²) in [5.41, 5.74) is 2.03. The molecule has 190 valence electrons. The summed E-state index contributed by atoms with van der Waals surface area (Å²) in [6.07, 6.45) is 14.8. The van der Waals surface area contributed by atoms with Gasteiger partial charge in [-0.2, -0.15) is 0 Å². The molecule has 4 bridgehead atoms. The van der Waals surface area contributed by atoms with Gasteiger partial charge >= 0.3 is 0 Å². The second-order valence-corrected chi connectivity index (χ2v) is 12.2. The summed E-state index contributed by atoms with van der Waals surface area (Å²) in [4.78, 5) is 21.5. The Morgan fingerprint density at radius 3 is 2.38 bits per heavy atom. The molecule has 4 saturated carbocycles. The van der Waals surface area contributed by atoms with E-state index in [1.807, 2.05) is 18.3 Å². The number of nitrogens with zero attached hydrogens (tertiary/aromatic N) is 6. The van der Waals surface area contributed by atoms with Gasteiger partial charge in [-0.15, -0.1) is 0 Å². The summed E-state index contributed by atoms with van der Waals surface area (Å²) in [7, 11) is 0. The number of nitrogens with one attached hydrogen (secondary N) is 2. The maximum atomic E-state index is 15.1. The van der Waals surface area contributed by atoms with E-state index < -0.39 is 11.4 Å². The fourth-order valence-corrected chi connectivity index (χ4v) is 8.37. The summed E-state index contributed by atoms with van der Waals surface area (Å²) < 4.78 is 16.9. The highest BCUT2D eigenvalue weighted by atomic mass is 19.1. The van der Waals surface area contributed by atoms with Crippen molar-refractivity contribution in [1.29, 1.82) is 0 Å². The van der Waals surface area contributed by atoms with E-state index in [4.69, 9.17) is 0 Å². The number of hydrogen-bond acceptors (Lipinski definition) is 8. The van der Waals surface area contributed by atoms with Gasteiger partial charge in [0.15, 0.2) is 5.82 Å². The van der Waals surface area contributed by atoms with Gasteiger partial charge in [0.25, 0.3) is 0 Å². The average Bonchev–Trinajstić information content (AvgIpc) is 3.21. The van der Waals surface area contributed by atoms with E-state index in [0.717, 1.165) is 43.5 Å². The molecule has 4 aromatic rings. The third-order valence-corrected chi connectivity index (χ3v) is 8.28. The predicted octanol–water partition coefficient (Wildman–Crippen LogP) is 4.74. The van der Waals surface area contributed by atoms with Gasteiger partial charge in [0.05, 0.1) is 47.5 Å². The fourth-order valence-electron chi connectivity index (χ4n) is 8.37. The van der Waals surface area contributed by atoms with Crippen LogP contribution in [0, 0.1) is 16.6 Å². The summed E-state index contributed by atoms with van der Waals surface area (Å²) in [5, 5.41) is 18.2. The summed E-state index contributed by atoms with van der Waals surface area (Å²) >= 11 is 0. The largest absolute Gasteiger partial charge is 0.390 e. The molecule has 0 amide bonds. The van der Waals surface area contributed by atoms with Crippen LogP contribution in [-0.2, 0) is 0 Å². The molecule has 0 radical (unpaired) electrons. The molecule has 4 aliphatic carbocycles. The molecule has 0 unspecified atom stereocenters. The van der Waals surface area contributed by atoms with Gasteiger partial charge < -0.3 is 15.7 Å². The summed E-state index contributed by atoms with van der Waals surface area (Å²) in [6.45, 7) is 4.57. The molecule has 4 aliphatic rings. The number of rotatable bonds is 5. The number of imidazole rings is 1. The van der Waals surface area contributed by atoms with Crippen molar-refractivity contribution in [2.75, 3.05) is 10.6 Å². The maximum Gasteiger partial charge on any atom is 0.223 e. The Bertz CT molecular complexity index is 1470. The SMILES string of the molecule is C[C@]12C[C@]3(C)C[C@](O)(C1)C[C@](Nc1ncc(F)c(-c4cnc5ccc(Nc6cncnc6)cn45)n1)(C2)C3. The first-order valence-corrected chi connectivity index (χ1v) is 12.7. The van der Waals surface area contributed by atoms with E-state index in [2.05, 4.69) is 49.4 Å². The van der Waals surface area contributed by atoms with E-state index in [-0.39, 0.29) is 22.1 Å². The Kier molecular flexibility index (Phi) is 4.53. The maximum absolute atomic E-state index is 15.1. The van der Waals surface area contributed by atoms with Crippen LogP contribution in [0.15, 0.2) is 49.4 Å². The second-order valence-electron chi connectivity index (χ2n) is 12.2. The summed E-state index contributed by atoms with van der Waals surface area (Å²) in [6, 6.07) is 3.74. The molecular weight excluding hydrogens is 471 g/mol. The van der Waals surface area contributed by atoms with Crippen LogP contribution in [0.4, 0.5) is 21.7 Å². The zero-order valence-electron chi connectivity index (χ0n) is 20.9. The van der Waals surface area contributed by atoms with Crippen LogP contribution in [0.25, 0.3) is 17.0 Å². The van der Waals surface area contributed by atoms with E-state index in [1.54, 1.807) is 23.0 Å². The molecule has 4 fully saturated rings. The van der Waals surface area contributed by atoms with E-state index in [1.165, 1.54) is 12.5 Å². The monoisotopic (exact) mass is 500 g/mol. The van der Waals surface area contributed by atoms with E-state index in [0.29, 0.717) is 23.7 Å². The molecule has 3 N–H and O–H groups in total. The highest BCUT2D eigenvalue weighted by molar-refractivity contribution is 5.66. The van der Waals surface area contributed by atoms with Crippen LogP contribution in [0.1, 0.15) is 52.4 Å². The van der Waals surface area contributed by atoms with Crippen molar-refractivity contribution in [1.82, 2.24) is 29.3 Å². The van der Waals surface area contributed by atoms with Crippen LogP contribution in [-0.4, -0.2) is 45.6 Å². The molecule has 0 spiro atoms. The molecular formula is C27H29FN8O. The number of aromatic nitrogens is 6. The lowest BCUT2D eigenvalue weighted by molar-refractivity contribution is -0.192. The van der Waals surface area contributed by atoms with Gasteiger partial charge in [-0.1, -0.05) is 13.8 Å². The minimum atomic E-state index is -0.678. The topological polar surface area (TPSA) is 113 Å². The van der Waals surface area contributed by atoms with Gasteiger partial charge in [0, 0.05) is 11.7 Å². The second kappa shape index (κ2) is 7.44. The standard InChI is InChI=1S/C27H29FN8O/c1-24-10-25(2)12-26(11-24,15-27(37,13-24)14-25)35-23-32-7-19(28)22(34-23)20-8-31-21-4-3-17(9-36(20)21)33-18-5-29-16-30-6-18/h3-9,16,33,37H,10-15H2,1-2H3,(H,32,34,35)/t24-,25+,26+,27-. The molecule has 4 aromatic heterocycles. The molecule has 0 saturated heterocycles. The Balaban J connectivity index is 1.23. The molecule has 0 aliphatic heterocycles. The zero-order chi connectivity index (χ0) is 25.5. The third kappa shape index (κ3) is 3.81. The quantitative estimate of drug-likeness (QED) is 0.360. The smallest absolute Gasteiger partial charge is 0.223 e. The van der Waals surface area contributed by atoms with Gasteiger partial charge in [-0.25, -0.2) is 29.3 Å². The first-order chi connectivity index (χ1) is 17.6. The molecule has 4 atom stereocenters. The van der Waals surface area contributed by atoms with Crippen molar-refractivity contribution >= 4 is 23.0 Å². The fraction of sp³-hybridized carbons (Fsp3) is 0.444. The van der Waals surface area contributed by atoms with Crippen molar-refractivity contribution in [2.24, 2.45) is 10.8 Å². The van der Waals surface area contributed by atoms with Crippen molar-refractivity contribution in [3.63, 3.8) is 0 Å². The molecule has 10 heteroatoms. The first-order valence-electron chi connectivity index (χ1n) is 12.7. The van der Waals surface area contributed by atoms with Crippen molar-refractivity contribution in [2.45, 2.75) is 63.5 Å². The number of pyridine rings is 1. The van der Waals surface area contributed by atoms with Crippen molar-refractivity contribution < 1.29 is 9.50 Å². The Labute approximate surface area is 213 Å².